The summed E-state index contributed by atoms with van der Waals surface area (Å²) < 4.78 is 17.6. The molecule has 2 fully saturated rings. The van der Waals surface area contributed by atoms with Gasteiger partial charge in [-0.1, -0.05) is 13.8 Å². The third kappa shape index (κ3) is 5.03. The lowest BCUT2D eigenvalue weighted by molar-refractivity contribution is -0.134. The number of nitrogens with zero attached hydrogens (tertiary/aromatic N) is 4. The summed E-state index contributed by atoms with van der Waals surface area (Å²) in [6, 6.07) is 4.22. The quantitative estimate of drug-likeness (QED) is 0.608. The molecule has 0 unspecified atom stereocenters. The van der Waals surface area contributed by atoms with Crippen molar-refractivity contribution in [3.63, 3.8) is 0 Å². The molecule has 1 atom stereocenters. The van der Waals surface area contributed by atoms with Crippen molar-refractivity contribution in [1.82, 2.24) is 9.88 Å². The number of amides is 1. The van der Waals surface area contributed by atoms with Crippen LogP contribution in [0, 0.1) is 11.3 Å². The number of methoxy groups -OCH3 is 1. The fourth-order valence-corrected chi connectivity index (χ4v) is 4.33. The van der Waals surface area contributed by atoms with Gasteiger partial charge in [0.2, 0.25) is 5.91 Å². The molecule has 0 radical (unpaired) electrons. The Kier molecular flexibility index (Phi) is 7.42. The molecule has 1 aromatic heterocycles. The molecule has 0 aliphatic carbocycles. The topological polar surface area (TPSA) is 87.9 Å². The van der Waals surface area contributed by atoms with Gasteiger partial charge in [0, 0.05) is 43.9 Å². The molecule has 2 aliphatic heterocycles. The number of aromatic nitrogens is 1. The molecule has 2 saturated heterocycles. The molecule has 180 valence electrons. The van der Waals surface area contributed by atoms with Gasteiger partial charge in [-0.3, -0.25) is 4.79 Å². The Labute approximate surface area is 198 Å². The third-order valence-electron chi connectivity index (χ3n) is 7.00. The molecule has 0 bridgehead atoms. The predicted octanol–water partition coefficient (Wildman–Crippen LogP) is 2.45. The van der Waals surface area contributed by atoms with Gasteiger partial charge in [-0.2, -0.15) is 5.26 Å². The number of pyridine rings is 1. The van der Waals surface area contributed by atoms with Gasteiger partial charge in [-0.25, -0.2) is 4.98 Å². The van der Waals surface area contributed by atoms with Crippen LogP contribution in [0.2, 0.25) is 0 Å². The second-order valence-electron chi connectivity index (χ2n) is 10.3. The largest absolute Gasteiger partial charge is 0.496 e. The second-order valence-corrected chi connectivity index (χ2v) is 10.3. The smallest absolute Gasteiger partial charge is 0.399 e. The van der Waals surface area contributed by atoms with Crippen LogP contribution < -0.4 is 10.4 Å². The zero-order valence-electron chi connectivity index (χ0n) is 21.3. The molecule has 0 spiro atoms. The number of anilines is 1. The maximum Gasteiger partial charge on any atom is 0.496 e. The van der Waals surface area contributed by atoms with Crippen molar-refractivity contribution in [2.75, 3.05) is 38.3 Å². The molecule has 33 heavy (non-hydrogen) atoms. The highest BCUT2D eigenvalue weighted by atomic mass is 16.7. The number of ether oxygens (including phenoxy) is 1. The lowest BCUT2D eigenvalue weighted by atomic mass is 9.75. The third-order valence-corrected chi connectivity index (χ3v) is 7.00. The van der Waals surface area contributed by atoms with Crippen LogP contribution in [0.1, 0.15) is 72.1 Å². The highest BCUT2D eigenvalue weighted by molar-refractivity contribution is 6.62. The first-order valence-corrected chi connectivity index (χ1v) is 11.8. The van der Waals surface area contributed by atoms with Gasteiger partial charge in [0.15, 0.2) is 0 Å². The van der Waals surface area contributed by atoms with Crippen molar-refractivity contribution in [3.8, 4) is 6.07 Å². The van der Waals surface area contributed by atoms with E-state index in [1.807, 2.05) is 45.6 Å². The van der Waals surface area contributed by atoms with E-state index >= 15 is 0 Å². The molecule has 2 aliphatic rings. The first kappa shape index (κ1) is 25.5. The number of nitriles is 1. The van der Waals surface area contributed by atoms with Gasteiger partial charge in [0.25, 0.3) is 0 Å². The number of piperazine rings is 1. The number of carbonyl (C=O) groups excluding carboxylic acids is 1. The van der Waals surface area contributed by atoms with Gasteiger partial charge >= 0.3 is 7.12 Å². The molecule has 9 heteroatoms. The normalized spacial score (nSPS) is 22.1. The summed E-state index contributed by atoms with van der Waals surface area (Å²) in [5, 5.41) is 9.98. The van der Waals surface area contributed by atoms with Crippen LogP contribution in [0.3, 0.4) is 0 Å². The van der Waals surface area contributed by atoms with Crippen LogP contribution in [-0.2, 0) is 18.8 Å². The molecule has 0 saturated carbocycles. The Hall–Kier alpha value is -2.15. The highest BCUT2D eigenvalue weighted by Gasteiger charge is 2.52. The maximum absolute atomic E-state index is 12.5. The van der Waals surface area contributed by atoms with Crippen molar-refractivity contribution in [3.05, 3.63) is 17.3 Å². The molecule has 3 rings (SSSR count). The fraction of sp³-hybridized carbons (Fsp3) is 0.708. The average Bonchev–Trinajstić information content (AvgIpc) is 2.97. The van der Waals surface area contributed by atoms with Crippen LogP contribution in [0.5, 0.6) is 0 Å². The fourth-order valence-electron chi connectivity index (χ4n) is 4.33. The molecule has 1 aromatic rings. The van der Waals surface area contributed by atoms with Crippen molar-refractivity contribution < 1.29 is 18.8 Å². The van der Waals surface area contributed by atoms with Crippen molar-refractivity contribution in [2.45, 2.75) is 78.0 Å². The minimum absolute atomic E-state index is 0.0155. The number of hydrogen-bond donors (Lipinski definition) is 0. The van der Waals surface area contributed by atoms with E-state index < -0.39 is 18.3 Å². The van der Waals surface area contributed by atoms with E-state index in [4.69, 9.17) is 19.0 Å². The Morgan fingerprint density at radius 1 is 1.30 bits per heavy atom. The second kappa shape index (κ2) is 9.61. The minimum atomic E-state index is -0.574. The molecule has 8 nitrogen and oxygen atoms in total. The van der Waals surface area contributed by atoms with Gasteiger partial charge in [-0.05, 0) is 46.6 Å². The van der Waals surface area contributed by atoms with Crippen LogP contribution >= 0.6 is 0 Å². The SMILES string of the molecule is COCCC(=O)N1CCN(c2nc(C(C)C)c(B3OC(C)(C)C(C)(C)O3)cc2C#N)C[C@H]1C. The standard InChI is InChI=1S/C24H37BN4O4/c1-16(2)21-19(25-32-23(4,5)24(6,7)33-25)13-18(14-26)22(27-21)28-10-11-29(17(3)15-28)20(30)9-12-31-8/h13,16-17H,9-12,15H2,1-8H3/t17-/m1/s1. The Morgan fingerprint density at radius 3 is 2.45 bits per heavy atom. The minimum Gasteiger partial charge on any atom is -0.399 e. The Morgan fingerprint density at radius 2 is 1.94 bits per heavy atom. The summed E-state index contributed by atoms with van der Waals surface area (Å²) in [5.74, 6) is 0.883. The zero-order valence-corrected chi connectivity index (χ0v) is 21.3. The van der Waals surface area contributed by atoms with Crippen molar-refractivity contribution in [2.24, 2.45) is 0 Å². The monoisotopic (exact) mass is 456 g/mol. The molecule has 0 N–H and O–H groups in total. The van der Waals surface area contributed by atoms with E-state index in [1.165, 1.54) is 0 Å². The van der Waals surface area contributed by atoms with Crippen LogP contribution in [0.4, 0.5) is 5.82 Å². The summed E-state index contributed by atoms with van der Waals surface area (Å²) in [7, 11) is 1.03. The highest BCUT2D eigenvalue weighted by Crippen LogP contribution is 2.37. The van der Waals surface area contributed by atoms with Crippen LogP contribution in [0.25, 0.3) is 0 Å². The molecule has 3 heterocycles. The van der Waals surface area contributed by atoms with E-state index in [0.29, 0.717) is 44.0 Å². The average molecular weight is 456 g/mol. The summed E-state index contributed by atoms with van der Waals surface area (Å²) in [6.07, 6.45) is 0.378. The van der Waals surface area contributed by atoms with Gasteiger partial charge in [-0.15, -0.1) is 0 Å². The van der Waals surface area contributed by atoms with E-state index in [2.05, 4.69) is 24.8 Å². The van der Waals surface area contributed by atoms with Crippen LogP contribution in [-0.4, -0.2) is 73.5 Å². The van der Waals surface area contributed by atoms with E-state index in [0.717, 1.165) is 11.2 Å². The predicted molar refractivity (Wildman–Crippen MR) is 129 cm³/mol. The first-order valence-electron chi connectivity index (χ1n) is 11.8. The van der Waals surface area contributed by atoms with E-state index in [-0.39, 0.29) is 17.9 Å². The molecule has 1 amide bonds. The number of carbonyl (C=O) groups is 1. The summed E-state index contributed by atoms with van der Waals surface area (Å²) in [4.78, 5) is 21.5. The molecular formula is C24H37BN4O4. The van der Waals surface area contributed by atoms with E-state index in [9.17, 15) is 10.1 Å². The van der Waals surface area contributed by atoms with Gasteiger partial charge in [0.1, 0.15) is 11.9 Å². The lowest BCUT2D eigenvalue weighted by Crippen LogP contribution is -2.54. The first-order chi connectivity index (χ1) is 15.4. The maximum atomic E-state index is 12.5. The zero-order chi connectivity index (χ0) is 24.6. The Bertz CT molecular complexity index is 912. The van der Waals surface area contributed by atoms with Crippen molar-refractivity contribution in [1.29, 1.82) is 5.26 Å². The Balaban J connectivity index is 1.90. The van der Waals surface area contributed by atoms with Gasteiger partial charge in [0.05, 0.1) is 29.8 Å². The lowest BCUT2D eigenvalue weighted by Gasteiger charge is -2.41. The van der Waals surface area contributed by atoms with Crippen molar-refractivity contribution >= 4 is 24.3 Å². The number of hydrogen-bond acceptors (Lipinski definition) is 7. The van der Waals surface area contributed by atoms with Crippen LogP contribution in [0.15, 0.2) is 6.07 Å². The molecule has 0 aromatic carbocycles. The van der Waals surface area contributed by atoms with E-state index in [1.54, 1.807) is 7.11 Å². The van der Waals surface area contributed by atoms with Gasteiger partial charge < -0.3 is 23.8 Å². The summed E-state index contributed by atoms with van der Waals surface area (Å²) in [6.45, 7) is 16.5. The molecular weight excluding hydrogens is 419 g/mol. The number of rotatable bonds is 6. The summed E-state index contributed by atoms with van der Waals surface area (Å²) >= 11 is 0. The summed E-state index contributed by atoms with van der Waals surface area (Å²) in [5.41, 5.74) is 1.23.